The Morgan fingerprint density at radius 2 is 1.75 bits per heavy atom. The van der Waals surface area contributed by atoms with Crippen molar-refractivity contribution in [2.75, 3.05) is 19.7 Å². The van der Waals surface area contributed by atoms with Crippen LogP contribution in [-0.4, -0.2) is 43.4 Å². The fourth-order valence-corrected chi connectivity index (χ4v) is 4.68. The molecule has 6 nitrogen and oxygen atoms in total. The van der Waals surface area contributed by atoms with Gasteiger partial charge in [0, 0.05) is 25.5 Å². The lowest BCUT2D eigenvalue weighted by atomic mass is 10.0. The normalized spacial score (nSPS) is 16.0. The number of rotatable bonds is 7. The molecule has 1 fully saturated rings. The number of esters is 1. The molecule has 0 aliphatic carbocycles. The first-order valence-corrected chi connectivity index (χ1v) is 11.1. The van der Waals surface area contributed by atoms with Crippen LogP contribution in [0.3, 0.4) is 0 Å². The number of sulfonamides is 1. The average Bonchev–Trinajstić information content (AvgIpc) is 2.72. The van der Waals surface area contributed by atoms with Crippen molar-refractivity contribution in [3.8, 4) is 0 Å². The van der Waals surface area contributed by atoms with E-state index in [0.29, 0.717) is 31.2 Å². The van der Waals surface area contributed by atoms with E-state index in [1.54, 1.807) is 12.4 Å². The Morgan fingerprint density at radius 1 is 1.11 bits per heavy atom. The van der Waals surface area contributed by atoms with Gasteiger partial charge in [-0.05, 0) is 73.6 Å². The summed E-state index contributed by atoms with van der Waals surface area (Å²) in [5.74, 6) is 0.118. The fourth-order valence-electron chi connectivity index (χ4n) is 3.21. The van der Waals surface area contributed by atoms with E-state index in [1.165, 1.54) is 28.6 Å². The SMILES string of the molecule is CC1CCN(S(=O)(=O)c2ccc(C(=O)OCCCc3ccncc3)cc2)CC1. The molecule has 0 radical (unpaired) electrons. The van der Waals surface area contributed by atoms with Crippen LogP contribution >= 0.6 is 0 Å². The first-order valence-electron chi connectivity index (χ1n) is 9.63. The molecule has 1 aromatic heterocycles. The lowest BCUT2D eigenvalue weighted by Gasteiger charge is -2.29. The molecule has 28 heavy (non-hydrogen) atoms. The van der Waals surface area contributed by atoms with Gasteiger partial charge in [-0.3, -0.25) is 4.98 Å². The molecule has 0 unspecified atom stereocenters. The summed E-state index contributed by atoms with van der Waals surface area (Å²) in [6.45, 7) is 3.55. The summed E-state index contributed by atoms with van der Waals surface area (Å²) in [7, 11) is -3.50. The minimum absolute atomic E-state index is 0.219. The number of hydrogen-bond donors (Lipinski definition) is 0. The lowest BCUT2D eigenvalue weighted by molar-refractivity contribution is 0.0500. The number of aryl methyl sites for hydroxylation is 1. The van der Waals surface area contributed by atoms with Gasteiger partial charge in [0.05, 0.1) is 17.1 Å². The number of aromatic nitrogens is 1. The van der Waals surface area contributed by atoms with Gasteiger partial charge in [-0.15, -0.1) is 0 Å². The fraction of sp³-hybridized carbons (Fsp3) is 0.429. The van der Waals surface area contributed by atoms with Gasteiger partial charge in [0.25, 0.3) is 0 Å². The minimum atomic E-state index is -3.50. The van der Waals surface area contributed by atoms with Crippen molar-refractivity contribution in [1.82, 2.24) is 9.29 Å². The number of hydrogen-bond acceptors (Lipinski definition) is 5. The van der Waals surface area contributed by atoms with Crippen molar-refractivity contribution < 1.29 is 17.9 Å². The molecule has 0 saturated carbocycles. The van der Waals surface area contributed by atoms with Gasteiger partial charge in [0.2, 0.25) is 10.0 Å². The molecule has 2 aromatic rings. The summed E-state index contributed by atoms with van der Waals surface area (Å²) in [5, 5.41) is 0. The van der Waals surface area contributed by atoms with Crippen LogP contribution in [0.2, 0.25) is 0 Å². The third kappa shape index (κ3) is 5.17. The molecule has 150 valence electrons. The number of pyridine rings is 1. The van der Waals surface area contributed by atoms with E-state index < -0.39 is 16.0 Å². The molecule has 1 aliphatic rings. The molecular formula is C21H26N2O4S. The Morgan fingerprint density at radius 3 is 2.39 bits per heavy atom. The standard InChI is InChI=1S/C21H26N2O4S/c1-17-10-14-23(15-11-17)28(25,26)20-6-4-19(5-7-20)21(24)27-16-2-3-18-8-12-22-13-9-18/h4-9,12-13,17H,2-3,10-11,14-16H2,1H3. The number of piperidine rings is 1. The number of benzene rings is 1. The summed E-state index contributed by atoms with van der Waals surface area (Å²) in [6.07, 6.45) is 6.76. The molecule has 1 saturated heterocycles. The molecule has 0 amide bonds. The quantitative estimate of drug-likeness (QED) is 0.525. The number of ether oxygens (including phenoxy) is 1. The van der Waals surface area contributed by atoms with E-state index in [4.69, 9.17) is 4.74 Å². The highest BCUT2D eigenvalue weighted by Crippen LogP contribution is 2.23. The van der Waals surface area contributed by atoms with Crippen LogP contribution in [0.25, 0.3) is 0 Å². The highest BCUT2D eigenvalue weighted by Gasteiger charge is 2.28. The molecule has 7 heteroatoms. The zero-order valence-corrected chi connectivity index (χ0v) is 16.9. The number of nitrogens with zero attached hydrogens (tertiary/aromatic N) is 2. The third-order valence-electron chi connectivity index (χ3n) is 5.06. The second kappa shape index (κ2) is 9.30. The second-order valence-corrected chi connectivity index (χ2v) is 9.14. The van der Waals surface area contributed by atoms with Gasteiger partial charge in [-0.1, -0.05) is 6.92 Å². The second-order valence-electron chi connectivity index (χ2n) is 7.21. The maximum absolute atomic E-state index is 12.7. The van der Waals surface area contributed by atoms with Crippen molar-refractivity contribution in [2.45, 2.75) is 37.5 Å². The van der Waals surface area contributed by atoms with Crippen LogP contribution in [0.4, 0.5) is 0 Å². The van der Waals surface area contributed by atoms with Crippen LogP contribution in [0, 0.1) is 5.92 Å². The van der Waals surface area contributed by atoms with Gasteiger partial charge < -0.3 is 4.74 Å². The van der Waals surface area contributed by atoms with E-state index in [2.05, 4.69) is 11.9 Å². The highest BCUT2D eigenvalue weighted by atomic mass is 32.2. The Bertz CT molecular complexity index is 874. The van der Waals surface area contributed by atoms with Gasteiger partial charge in [-0.2, -0.15) is 4.31 Å². The van der Waals surface area contributed by atoms with Crippen LogP contribution in [0.15, 0.2) is 53.7 Å². The summed E-state index contributed by atoms with van der Waals surface area (Å²) in [5.41, 5.74) is 1.50. The topological polar surface area (TPSA) is 76.6 Å². The van der Waals surface area contributed by atoms with Crippen LogP contribution in [0.1, 0.15) is 42.1 Å². The summed E-state index contributed by atoms with van der Waals surface area (Å²) < 4.78 is 32.3. The Kier molecular flexibility index (Phi) is 6.80. The van der Waals surface area contributed by atoms with Gasteiger partial charge in [0.1, 0.15) is 0 Å². The minimum Gasteiger partial charge on any atom is -0.462 e. The average molecular weight is 403 g/mol. The molecule has 2 heterocycles. The van der Waals surface area contributed by atoms with Crippen LogP contribution in [0.5, 0.6) is 0 Å². The largest absolute Gasteiger partial charge is 0.462 e. The monoisotopic (exact) mass is 402 g/mol. The Balaban J connectivity index is 1.52. The zero-order chi connectivity index (χ0) is 20.0. The van der Waals surface area contributed by atoms with E-state index in [1.807, 2.05) is 12.1 Å². The highest BCUT2D eigenvalue weighted by molar-refractivity contribution is 7.89. The van der Waals surface area contributed by atoms with Crippen LogP contribution < -0.4 is 0 Å². The zero-order valence-electron chi connectivity index (χ0n) is 16.1. The predicted molar refractivity (Wildman–Crippen MR) is 106 cm³/mol. The van der Waals surface area contributed by atoms with E-state index in [9.17, 15) is 13.2 Å². The Hall–Kier alpha value is -2.25. The first-order chi connectivity index (χ1) is 13.5. The predicted octanol–water partition coefficient (Wildman–Crippen LogP) is 3.29. The molecule has 0 N–H and O–H groups in total. The first kappa shape index (κ1) is 20.5. The lowest BCUT2D eigenvalue weighted by Crippen LogP contribution is -2.37. The van der Waals surface area contributed by atoms with E-state index in [-0.39, 0.29) is 4.90 Å². The summed E-state index contributed by atoms with van der Waals surface area (Å²) >= 11 is 0. The van der Waals surface area contributed by atoms with Crippen molar-refractivity contribution in [3.05, 3.63) is 59.9 Å². The van der Waals surface area contributed by atoms with Crippen molar-refractivity contribution in [2.24, 2.45) is 5.92 Å². The maximum Gasteiger partial charge on any atom is 0.338 e. The molecule has 0 bridgehead atoms. The third-order valence-corrected chi connectivity index (χ3v) is 6.98. The van der Waals surface area contributed by atoms with Gasteiger partial charge >= 0.3 is 5.97 Å². The number of carbonyl (C=O) groups excluding carboxylic acids is 1. The molecule has 3 rings (SSSR count). The molecule has 1 aliphatic heterocycles. The van der Waals surface area contributed by atoms with Crippen molar-refractivity contribution >= 4 is 16.0 Å². The molecule has 1 aromatic carbocycles. The summed E-state index contributed by atoms with van der Waals surface area (Å²) in [6, 6.07) is 9.88. The summed E-state index contributed by atoms with van der Waals surface area (Å²) in [4.78, 5) is 16.3. The van der Waals surface area contributed by atoms with E-state index in [0.717, 1.165) is 31.2 Å². The van der Waals surface area contributed by atoms with Gasteiger partial charge in [0.15, 0.2) is 0 Å². The molecule has 0 spiro atoms. The number of carbonyl (C=O) groups is 1. The Labute approximate surface area is 166 Å². The van der Waals surface area contributed by atoms with Crippen LogP contribution in [-0.2, 0) is 21.2 Å². The molecule has 0 atom stereocenters. The van der Waals surface area contributed by atoms with Gasteiger partial charge in [-0.25, -0.2) is 13.2 Å². The molecular weight excluding hydrogens is 376 g/mol. The van der Waals surface area contributed by atoms with Crippen molar-refractivity contribution in [3.63, 3.8) is 0 Å². The smallest absolute Gasteiger partial charge is 0.338 e. The maximum atomic E-state index is 12.7. The van der Waals surface area contributed by atoms with Crippen molar-refractivity contribution in [1.29, 1.82) is 0 Å². The van der Waals surface area contributed by atoms with E-state index >= 15 is 0 Å².